The topological polar surface area (TPSA) is 49.4 Å². The van der Waals surface area contributed by atoms with Crippen molar-refractivity contribution in [3.63, 3.8) is 0 Å². The minimum absolute atomic E-state index is 0.330. The third-order valence-corrected chi connectivity index (χ3v) is 5.78. The lowest BCUT2D eigenvalue weighted by atomic mass is 10.2. The highest BCUT2D eigenvalue weighted by Gasteiger charge is 2.19. The van der Waals surface area contributed by atoms with Crippen LogP contribution in [-0.2, 0) is 22.9 Å². The summed E-state index contributed by atoms with van der Waals surface area (Å²) in [7, 11) is -3.43. The number of aryl methyl sites for hydroxylation is 1. The summed E-state index contributed by atoms with van der Waals surface area (Å²) in [4.78, 5) is 2.56. The van der Waals surface area contributed by atoms with Gasteiger partial charge in [0.1, 0.15) is 0 Å². The highest BCUT2D eigenvalue weighted by atomic mass is 32.2. The lowest BCUT2D eigenvalue weighted by Crippen LogP contribution is -2.34. The van der Waals surface area contributed by atoms with Crippen molar-refractivity contribution in [2.75, 3.05) is 24.5 Å². The fraction of sp³-hybridized carbons (Fsp3) is 0.333. The SMILES string of the molecule is CCc1ccc(S(=O)(=O)NCCN2CCc3ccccc32)cc1. The lowest BCUT2D eigenvalue weighted by molar-refractivity contribution is 0.581. The molecule has 0 aromatic heterocycles. The van der Waals surface area contributed by atoms with Gasteiger partial charge in [0.2, 0.25) is 10.0 Å². The number of para-hydroxylation sites is 1. The van der Waals surface area contributed by atoms with E-state index in [0.29, 0.717) is 18.0 Å². The van der Waals surface area contributed by atoms with Crippen molar-refractivity contribution in [2.45, 2.75) is 24.7 Å². The van der Waals surface area contributed by atoms with Crippen LogP contribution < -0.4 is 9.62 Å². The molecule has 4 nitrogen and oxygen atoms in total. The molecular formula is C18H22N2O2S. The molecule has 0 fully saturated rings. The first kappa shape index (κ1) is 16.0. The van der Waals surface area contributed by atoms with E-state index in [-0.39, 0.29) is 0 Å². The van der Waals surface area contributed by atoms with Gasteiger partial charge in [-0.25, -0.2) is 13.1 Å². The highest BCUT2D eigenvalue weighted by molar-refractivity contribution is 7.89. The van der Waals surface area contributed by atoms with Crippen LogP contribution in [0.4, 0.5) is 5.69 Å². The molecular weight excluding hydrogens is 308 g/mol. The Morgan fingerprint density at radius 1 is 1.09 bits per heavy atom. The Balaban J connectivity index is 1.60. The first-order valence-corrected chi connectivity index (χ1v) is 9.50. The van der Waals surface area contributed by atoms with E-state index in [4.69, 9.17) is 0 Å². The van der Waals surface area contributed by atoms with Gasteiger partial charge in [-0.15, -0.1) is 0 Å². The maximum atomic E-state index is 12.3. The maximum absolute atomic E-state index is 12.3. The zero-order chi connectivity index (χ0) is 16.3. The first-order valence-electron chi connectivity index (χ1n) is 8.01. The zero-order valence-corrected chi connectivity index (χ0v) is 14.1. The molecule has 1 aliphatic heterocycles. The van der Waals surface area contributed by atoms with Crippen LogP contribution in [-0.4, -0.2) is 28.1 Å². The molecule has 0 saturated heterocycles. The molecule has 122 valence electrons. The fourth-order valence-corrected chi connectivity index (χ4v) is 3.96. The minimum atomic E-state index is -3.43. The van der Waals surface area contributed by atoms with Crippen LogP contribution in [0.15, 0.2) is 53.4 Å². The lowest BCUT2D eigenvalue weighted by Gasteiger charge is -2.19. The molecule has 5 heteroatoms. The molecule has 23 heavy (non-hydrogen) atoms. The Morgan fingerprint density at radius 2 is 1.83 bits per heavy atom. The number of sulfonamides is 1. The monoisotopic (exact) mass is 330 g/mol. The van der Waals surface area contributed by atoms with Gasteiger partial charge >= 0.3 is 0 Å². The zero-order valence-electron chi connectivity index (χ0n) is 13.3. The van der Waals surface area contributed by atoms with Gasteiger partial charge in [-0.1, -0.05) is 37.3 Å². The van der Waals surface area contributed by atoms with Crippen molar-refractivity contribution >= 4 is 15.7 Å². The Hall–Kier alpha value is -1.85. The van der Waals surface area contributed by atoms with Crippen LogP contribution in [0.3, 0.4) is 0 Å². The van der Waals surface area contributed by atoms with E-state index in [0.717, 1.165) is 24.9 Å². The summed E-state index contributed by atoms with van der Waals surface area (Å²) < 4.78 is 27.3. The van der Waals surface area contributed by atoms with Crippen molar-refractivity contribution in [2.24, 2.45) is 0 Å². The Morgan fingerprint density at radius 3 is 2.57 bits per heavy atom. The predicted molar refractivity (Wildman–Crippen MR) is 93.4 cm³/mol. The molecule has 1 heterocycles. The summed E-state index contributed by atoms with van der Waals surface area (Å²) in [6.45, 7) is 4.09. The van der Waals surface area contributed by atoms with Gasteiger partial charge in [-0.2, -0.15) is 0 Å². The molecule has 0 bridgehead atoms. The number of nitrogens with zero attached hydrogens (tertiary/aromatic N) is 1. The molecule has 0 radical (unpaired) electrons. The molecule has 3 rings (SSSR count). The van der Waals surface area contributed by atoms with Gasteiger partial charge in [0.15, 0.2) is 0 Å². The average molecular weight is 330 g/mol. The van der Waals surface area contributed by atoms with Gasteiger partial charge in [0.25, 0.3) is 0 Å². The normalized spacial score (nSPS) is 14.0. The van der Waals surface area contributed by atoms with Gasteiger partial charge in [0, 0.05) is 25.3 Å². The summed E-state index contributed by atoms with van der Waals surface area (Å²) >= 11 is 0. The van der Waals surface area contributed by atoms with Crippen molar-refractivity contribution in [3.05, 3.63) is 59.7 Å². The molecule has 0 saturated carbocycles. The first-order chi connectivity index (χ1) is 11.1. The predicted octanol–water partition coefficient (Wildman–Crippen LogP) is 2.59. The third kappa shape index (κ3) is 3.57. The summed E-state index contributed by atoms with van der Waals surface area (Å²) in [5.41, 5.74) is 3.70. The minimum Gasteiger partial charge on any atom is -0.370 e. The van der Waals surface area contributed by atoms with E-state index in [1.54, 1.807) is 12.1 Å². The molecule has 1 aliphatic rings. The van der Waals surface area contributed by atoms with Crippen molar-refractivity contribution in [3.8, 4) is 0 Å². The molecule has 0 spiro atoms. The Labute approximate surface area is 138 Å². The molecule has 0 amide bonds. The number of fused-ring (bicyclic) bond motifs is 1. The van der Waals surface area contributed by atoms with E-state index in [1.807, 2.05) is 24.3 Å². The summed E-state index contributed by atoms with van der Waals surface area (Å²) in [5, 5.41) is 0. The number of nitrogens with one attached hydrogen (secondary N) is 1. The molecule has 2 aromatic carbocycles. The second-order valence-corrected chi connectivity index (χ2v) is 7.53. The number of rotatable bonds is 6. The van der Waals surface area contributed by atoms with Crippen LogP contribution in [0.2, 0.25) is 0 Å². The number of anilines is 1. The van der Waals surface area contributed by atoms with Crippen molar-refractivity contribution in [1.82, 2.24) is 4.72 Å². The summed E-state index contributed by atoms with van der Waals surface area (Å²) in [5.74, 6) is 0. The van der Waals surface area contributed by atoms with E-state index >= 15 is 0 Å². The third-order valence-electron chi connectivity index (χ3n) is 4.30. The second kappa shape index (κ2) is 6.72. The molecule has 0 atom stereocenters. The molecule has 0 aliphatic carbocycles. The maximum Gasteiger partial charge on any atom is 0.240 e. The van der Waals surface area contributed by atoms with Crippen LogP contribution in [0.25, 0.3) is 0 Å². The van der Waals surface area contributed by atoms with E-state index < -0.39 is 10.0 Å². The highest BCUT2D eigenvalue weighted by Crippen LogP contribution is 2.26. The van der Waals surface area contributed by atoms with Crippen molar-refractivity contribution < 1.29 is 8.42 Å². The molecule has 1 N–H and O–H groups in total. The van der Waals surface area contributed by atoms with E-state index in [2.05, 4.69) is 28.7 Å². The van der Waals surface area contributed by atoms with Crippen LogP contribution in [0, 0.1) is 0 Å². The standard InChI is InChI=1S/C18H22N2O2S/c1-2-15-7-9-17(10-8-15)23(21,22)19-12-14-20-13-11-16-5-3-4-6-18(16)20/h3-10,19H,2,11-14H2,1H3. The van der Waals surface area contributed by atoms with Crippen LogP contribution in [0.1, 0.15) is 18.1 Å². The summed E-state index contributed by atoms with van der Waals surface area (Å²) in [6.07, 6.45) is 1.93. The van der Waals surface area contributed by atoms with Gasteiger partial charge in [0.05, 0.1) is 4.90 Å². The second-order valence-electron chi connectivity index (χ2n) is 5.76. The molecule has 2 aromatic rings. The Kier molecular flexibility index (Phi) is 4.68. The van der Waals surface area contributed by atoms with Gasteiger partial charge in [-0.3, -0.25) is 0 Å². The largest absolute Gasteiger partial charge is 0.370 e. The fourth-order valence-electron chi connectivity index (χ4n) is 2.94. The Bertz CT molecular complexity index is 770. The smallest absolute Gasteiger partial charge is 0.240 e. The van der Waals surface area contributed by atoms with Crippen LogP contribution >= 0.6 is 0 Å². The van der Waals surface area contributed by atoms with Crippen molar-refractivity contribution in [1.29, 1.82) is 0 Å². The van der Waals surface area contributed by atoms with Gasteiger partial charge in [-0.05, 0) is 42.2 Å². The summed E-state index contributed by atoms with van der Waals surface area (Å²) in [6, 6.07) is 15.4. The number of benzene rings is 2. The van der Waals surface area contributed by atoms with Crippen LogP contribution in [0.5, 0.6) is 0 Å². The number of hydrogen-bond donors (Lipinski definition) is 1. The average Bonchev–Trinajstić information content (AvgIpc) is 2.98. The van der Waals surface area contributed by atoms with Gasteiger partial charge < -0.3 is 4.90 Å². The number of hydrogen-bond acceptors (Lipinski definition) is 3. The quantitative estimate of drug-likeness (QED) is 0.886. The van der Waals surface area contributed by atoms with E-state index in [9.17, 15) is 8.42 Å². The molecule has 0 unspecified atom stereocenters. The van der Waals surface area contributed by atoms with E-state index in [1.165, 1.54) is 11.3 Å².